The highest BCUT2D eigenvalue weighted by atomic mass is 79.9. The highest BCUT2D eigenvalue weighted by molar-refractivity contribution is 9.10. The van der Waals surface area contributed by atoms with Gasteiger partial charge in [-0.15, -0.1) is 0 Å². The molecule has 2 aromatic carbocycles. The number of ether oxygens (including phenoxy) is 1. The number of carbonyl (C=O) groups excluding carboxylic acids is 2. The summed E-state index contributed by atoms with van der Waals surface area (Å²) in [5.74, 6) is -0.311. The average Bonchev–Trinajstić information content (AvgIpc) is 2.65. The Morgan fingerprint density at radius 3 is 2.48 bits per heavy atom. The van der Waals surface area contributed by atoms with Crippen LogP contribution >= 0.6 is 28.1 Å². The number of anilines is 1. The molecule has 0 aromatic heterocycles. The summed E-state index contributed by atoms with van der Waals surface area (Å²) in [6.45, 7) is 2.06. The Labute approximate surface area is 171 Å². The van der Waals surface area contributed by atoms with Gasteiger partial charge < -0.3 is 4.74 Å². The van der Waals surface area contributed by atoms with E-state index < -0.39 is 11.8 Å². The van der Waals surface area contributed by atoms with Crippen molar-refractivity contribution < 1.29 is 14.3 Å². The lowest BCUT2D eigenvalue weighted by Gasteiger charge is -2.29. The molecule has 2 amide bonds. The molecular weight excluding hydrogens is 428 g/mol. The fourth-order valence-electron chi connectivity index (χ4n) is 2.71. The molecule has 0 unspecified atom stereocenters. The molecule has 0 radical (unpaired) electrons. The van der Waals surface area contributed by atoms with E-state index in [9.17, 15) is 9.59 Å². The minimum atomic E-state index is -0.515. The van der Waals surface area contributed by atoms with E-state index in [1.54, 1.807) is 25.3 Å². The summed E-state index contributed by atoms with van der Waals surface area (Å²) in [7, 11) is 1.57. The van der Waals surface area contributed by atoms with Crippen molar-refractivity contribution in [2.45, 2.75) is 13.3 Å². The molecule has 1 fully saturated rings. The summed E-state index contributed by atoms with van der Waals surface area (Å²) in [5.41, 5.74) is 2.47. The summed E-state index contributed by atoms with van der Waals surface area (Å²) in [5, 5.41) is 2.66. The minimum absolute atomic E-state index is 0.0141. The molecule has 1 aliphatic heterocycles. The number of benzene rings is 2. The zero-order chi connectivity index (χ0) is 19.6. The number of rotatable bonds is 4. The maximum atomic E-state index is 13.0. The summed E-state index contributed by atoms with van der Waals surface area (Å²) in [6, 6.07) is 12.8. The lowest BCUT2D eigenvalue weighted by molar-refractivity contribution is -0.122. The first-order chi connectivity index (χ1) is 12.9. The van der Waals surface area contributed by atoms with E-state index in [2.05, 4.69) is 28.2 Å². The van der Waals surface area contributed by atoms with Crippen molar-refractivity contribution in [2.75, 3.05) is 12.0 Å². The van der Waals surface area contributed by atoms with Crippen LogP contribution in [0.3, 0.4) is 0 Å². The Morgan fingerprint density at radius 1 is 1.19 bits per heavy atom. The van der Waals surface area contributed by atoms with Crippen LogP contribution in [0.25, 0.3) is 6.08 Å². The molecule has 1 heterocycles. The first-order valence-electron chi connectivity index (χ1n) is 8.28. The number of hydrogen-bond donors (Lipinski definition) is 1. The van der Waals surface area contributed by atoms with Crippen LogP contribution in [0.4, 0.5) is 5.69 Å². The molecule has 138 valence electrons. The van der Waals surface area contributed by atoms with Crippen molar-refractivity contribution in [1.82, 2.24) is 5.32 Å². The predicted molar refractivity (Wildman–Crippen MR) is 113 cm³/mol. The number of carbonyl (C=O) groups is 2. The Kier molecular flexibility index (Phi) is 5.72. The highest BCUT2D eigenvalue weighted by Crippen LogP contribution is 2.28. The Balaban J connectivity index is 1.97. The zero-order valence-electron chi connectivity index (χ0n) is 14.8. The number of thiocarbonyl (C=S) groups is 1. The summed E-state index contributed by atoms with van der Waals surface area (Å²) in [4.78, 5) is 26.7. The molecule has 2 aromatic rings. The van der Waals surface area contributed by atoms with Crippen molar-refractivity contribution in [1.29, 1.82) is 0 Å². The molecule has 0 saturated carbocycles. The van der Waals surface area contributed by atoms with Crippen LogP contribution < -0.4 is 15.0 Å². The van der Waals surface area contributed by atoms with Crippen molar-refractivity contribution in [3.63, 3.8) is 0 Å². The van der Waals surface area contributed by atoms with Gasteiger partial charge >= 0.3 is 0 Å². The van der Waals surface area contributed by atoms with Crippen LogP contribution in [-0.4, -0.2) is 24.0 Å². The Morgan fingerprint density at radius 2 is 1.89 bits per heavy atom. The first kappa shape index (κ1) is 19.3. The number of amides is 2. The van der Waals surface area contributed by atoms with Gasteiger partial charge in [-0.1, -0.05) is 25.1 Å². The second-order valence-electron chi connectivity index (χ2n) is 5.87. The van der Waals surface area contributed by atoms with Crippen LogP contribution in [0.1, 0.15) is 18.1 Å². The predicted octanol–water partition coefficient (Wildman–Crippen LogP) is 3.85. The van der Waals surface area contributed by atoms with Crippen LogP contribution in [0.2, 0.25) is 0 Å². The monoisotopic (exact) mass is 444 g/mol. The van der Waals surface area contributed by atoms with Gasteiger partial charge in [0.25, 0.3) is 11.8 Å². The van der Waals surface area contributed by atoms with Gasteiger partial charge in [-0.05, 0) is 76.0 Å². The van der Waals surface area contributed by atoms with Crippen molar-refractivity contribution >= 4 is 56.8 Å². The molecule has 0 atom stereocenters. The summed E-state index contributed by atoms with van der Waals surface area (Å²) < 4.78 is 5.93. The zero-order valence-corrected chi connectivity index (χ0v) is 17.2. The van der Waals surface area contributed by atoms with E-state index in [1.165, 1.54) is 11.0 Å². The fourth-order valence-corrected chi connectivity index (χ4v) is 3.55. The van der Waals surface area contributed by atoms with E-state index in [1.807, 2.05) is 24.3 Å². The molecule has 3 rings (SSSR count). The van der Waals surface area contributed by atoms with Crippen LogP contribution in [0.15, 0.2) is 52.5 Å². The van der Waals surface area contributed by atoms with Gasteiger partial charge in [-0.2, -0.15) is 0 Å². The molecule has 1 aliphatic rings. The van der Waals surface area contributed by atoms with Crippen molar-refractivity contribution in [3.05, 3.63) is 63.6 Å². The summed E-state index contributed by atoms with van der Waals surface area (Å²) >= 11 is 8.62. The Bertz CT molecular complexity index is 954. The maximum Gasteiger partial charge on any atom is 0.270 e. The van der Waals surface area contributed by atoms with E-state index in [0.29, 0.717) is 17.0 Å². The standard InChI is InChI=1S/C20H17BrN2O3S/c1-3-12-4-7-14(8-5-12)23-19(25)15(18(24)22-20(23)27)10-13-6-9-17(26-2)16(21)11-13/h4-11H,3H2,1-2H3,(H,22,24,27). The van der Waals surface area contributed by atoms with Gasteiger partial charge in [0.05, 0.1) is 17.3 Å². The number of nitrogens with one attached hydrogen (secondary N) is 1. The average molecular weight is 445 g/mol. The molecule has 1 N–H and O–H groups in total. The van der Waals surface area contributed by atoms with Gasteiger partial charge in [0, 0.05) is 0 Å². The Hall–Kier alpha value is -2.51. The normalized spacial score (nSPS) is 15.9. The quantitative estimate of drug-likeness (QED) is 0.441. The molecule has 7 heteroatoms. The molecule has 5 nitrogen and oxygen atoms in total. The fraction of sp³-hybridized carbons (Fsp3) is 0.150. The van der Waals surface area contributed by atoms with E-state index in [0.717, 1.165) is 16.5 Å². The smallest absolute Gasteiger partial charge is 0.270 e. The lowest BCUT2D eigenvalue weighted by atomic mass is 10.1. The first-order valence-corrected chi connectivity index (χ1v) is 9.48. The summed E-state index contributed by atoms with van der Waals surface area (Å²) in [6.07, 6.45) is 2.43. The van der Waals surface area contributed by atoms with Crippen LogP contribution in [0.5, 0.6) is 5.75 Å². The topological polar surface area (TPSA) is 58.6 Å². The lowest BCUT2D eigenvalue weighted by Crippen LogP contribution is -2.54. The molecule has 0 bridgehead atoms. The van der Waals surface area contributed by atoms with E-state index >= 15 is 0 Å². The number of halogens is 1. The third-order valence-corrected chi connectivity index (χ3v) is 5.10. The second-order valence-corrected chi connectivity index (χ2v) is 7.11. The van der Waals surface area contributed by atoms with Gasteiger partial charge in [-0.25, -0.2) is 0 Å². The van der Waals surface area contributed by atoms with E-state index in [4.69, 9.17) is 17.0 Å². The third-order valence-electron chi connectivity index (χ3n) is 4.19. The second kappa shape index (κ2) is 8.02. The largest absolute Gasteiger partial charge is 0.496 e. The number of hydrogen-bond acceptors (Lipinski definition) is 4. The van der Waals surface area contributed by atoms with E-state index in [-0.39, 0.29) is 10.7 Å². The number of methoxy groups -OCH3 is 1. The van der Waals surface area contributed by atoms with Gasteiger partial charge in [-0.3, -0.25) is 19.8 Å². The molecule has 0 aliphatic carbocycles. The number of aryl methyl sites for hydroxylation is 1. The van der Waals surface area contributed by atoms with Crippen LogP contribution in [0, 0.1) is 0 Å². The number of nitrogens with zero attached hydrogens (tertiary/aromatic N) is 1. The van der Waals surface area contributed by atoms with Crippen molar-refractivity contribution in [3.8, 4) is 5.75 Å². The minimum Gasteiger partial charge on any atom is -0.496 e. The van der Waals surface area contributed by atoms with Gasteiger partial charge in [0.1, 0.15) is 11.3 Å². The molecular formula is C20H17BrN2O3S. The molecule has 1 saturated heterocycles. The van der Waals surface area contributed by atoms with Crippen LogP contribution in [-0.2, 0) is 16.0 Å². The molecule has 0 spiro atoms. The van der Waals surface area contributed by atoms with Gasteiger partial charge in [0.2, 0.25) is 0 Å². The molecule has 27 heavy (non-hydrogen) atoms. The SMILES string of the molecule is CCc1ccc(N2C(=O)C(=Cc3ccc(OC)c(Br)c3)C(=O)NC2=S)cc1. The third kappa shape index (κ3) is 3.94. The highest BCUT2D eigenvalue weighted by Gasteiger charge is 2.34. The van der Waals surface area contributed by atoms with Crippen molar-refractivity contribution in [2.24, 2.45) is 0 Å². The maximum absolute atomic E-state index is 13.0. The van der Waals surface area contributed by atoms with Gasteiger partial charge in [0.15, 0.2) is 5.11 Å².